The zero-order valence-electron chi connectivity index (χ0n) is 12.3. The fourth-order valence-electron chi connectivity index (χ4n) is 1.99. The van der Waals surface area contributed by atoms with E-state index in [4.69, 9.17) is 0 Å². The van der Waals surface area contributed by atoms with Gasteiger partial charge in [-0.2, -0.15) is 0 Å². The summed E-state index contributed by atoms with van der Waals surface area (Å²) in [6.45, 7) is 11.1. The van der Waals surface area contributed by atoms with Crippen LogP contribution in [0.5, 0.6) is 0 Å². The number of nitrogens with zero attached hydrogens (tertiary/aromatic N) is 4. The number of nitrogens with one attached hydrogen (secondary N) is 1. The SMILES string of the molecule is CCNc1nc(CC)nc(-n2cnc(C)c2C)c1C. The maximum atomic E-state index is 4.65. The fraction of sp³-hybridized carbons (Fsp3) is 0.500. The number of anilines is 1. The highest BCUT2D eigenvalue weighted by atomic mass is 15.2. The Morgan fingerprint density at radius 3 is 2.42 bits per heavy atom. The Balaban J connectivity index is 2.61. The molecule has 0 unspecified atom stereocenters. The highest BCUT2D eigenvalue weighted by molar-refractivity contribution is 5.52. The van der Waals surface area contributed by atoms with E-state index < -0.39 is 0 Å². The van der Waals surface area contributed by atoms with Gasteiger partial charge in [-0.1, -0.05) is 6.92 Å². The van der Waals surface area contributed by atoms with Crippen molar-refractivity contribution in [3.05, 3.63) is 29.1 Å². The largest absolute Gasteiger partial charge is 0.370 e. The smallest absolute Gasteiger partial charge is 0.146 e. The molecule has 2 heterocycles. The monoisotopic (exact) mass is 259 g/mol. The molecule has 0 amide bonds. The highest BCUT2D eigenvalue weighted by Gasteiger charge is 2.13. The quantitative estimate of drug-likeness (QED) is 0.917. The van der Waals surface area contributed by atoms with Crippen LogP contribution in [0.4, 0.5) is 5.82 Å². The molecule has 2 aromatic heterocycles. The fourth-order valence-corrected chi connectivity index (χ4v) is 1.99. The molecule has 102 valence electrons. The second-order valence-corrected chi connectivity index (χ2v) is 4.61. The van der Waals surface area contributed by atoms with Gasteiger partial charge in [-0.15, -0.1) is 0 Å². The molecule has 19 heavy (non-hydrogen) atoms. The number of hydrogen-bond acceptors (Lipinski definition) is 4. The van der Waals surface area contributed by atoms with E-state index in [1.54, 1.807) is 0 Å². The van der Waals surface area contributed by atoms with E-state index in [1.165, 1.54) is 0 Å². The van der Waals surface area contributed by atoms with Crippen LogP contribution >= 0.6 is 0 Å². The number of aromatic nitrogens is 4. The number of imidazole rings is 1. The Labute approximate surface area is 114 Å². The molecule has 0 saturated carbocycles. The number of rotatable bonds is 4. The van der Waals surface area contributed by atoms with Gasteiger partial charge >= 0.3 is 0 Å². The van der Waals surface area contributed by atoms with Crippen LogP contribution in [0.2, 0.25) is 0 Å². The molecule has 2 rings (SSSR count). The first-order chi connectivity index (χ1) is 9.08. The van der Waals surface area contributed by atoms with Gasteiger partial charge in [0.15, 0.2) is 0 Å². The third-order valence-corrected chi connectivity index (χ3v) is 3.31. The van der Waals surface area contributed by atoms with E-state index in [9.17, 15) is 0 Å². The van der Waals surface area contributed by atoms with E-state index in [0.717, 1.165) is 47.4 Å². The second-order valence-electron chi connectivity index (χ2n) is 4.61. The van der Waals surface area contributed by atoms with Gasteiger partial charge in [-0.05, 0) is 27.7 Å². The molecular weight excluding hydrogens is 238 g/mol. The van der Waals surface area contributed by atoms with Gasteiger partial charge in [0.05, 0.1) is 5.69 Å². The lowest BCUT2D eigenvalue weighted by atomic mass is 10.2. The van der Waals surface area contributed by atoms with Crippen molar-refractivity contribution in [2.45, 2.75) is 41.0 Å². The summed E-state index contributed by atoms with van der Waals surface area (Å²) in [5.74, 6) is 2.68. The Bertz CT molecular complexity index is 586. The second kappa shape index (κ2) is 5.38. The molecule has 0 aromatic carbocycles. The lowest BCUT2D eigenvalue weighted by molar-refractivity contribution is 0.859. The molecule has 0 bridgehead atoms. The predicted octanol–water partition coefficient (Wildman–Crippen LogP) is 2.58. The maximum Gasteiger partial charge on any atom is 0.146 e. The van der Waals surface area contributed by atoms with Crippen molar-refractivity contribution in [3.8, 4) is 5.82 Å². The van der Waals surface area contributed by atoms with Gasteiger partial charge in [0.2, 0.25) is 0 Å². The molecule has 0 aliphatic heterocycles. The molecular formula is C14H21N5. The lowest BCUT2D eigenvalue weighted by Gasteiger charge is -2.14. The minimum Gasteiger partial charge on any atom is -0.370 e. The summed E-state index contributed by atoms with van der Waals surface area (Å²) in [5.41, 5.74) is 3.20. The van der Waals surface area contributed by atoms with Crippen LogP contribution in [0.1, 0.15) is 36.6 Å². The Morgan fingerprint density at radius 1 is 1.16 bits per heavy atom. The van der Waals surface area contributed by atoms with Crippen molar-refractivity contribution in [3.63, 3.8) is 0 Å². The van der Waals surface area contributed by atoms with Crippen LogP contribution in [0, 0.1) is 20.8 Å². The van der Waals surface area contributed by atoms with Crippen LogP contribution in [0.15, 0.2) is 6.33 Å². The third-order valence-electron chi connectivity index (χ3n) is 3.31. The molecule has 5 nitrogen and oxygen atoms in total. The average molecular weight is 259 g/mol. The van der Waals surface area contributed by atoms with Crippen molar-refractivity contribution in [2.75, 3.05) is 11.9 Å². The molecule has 0 radical (unpaired) electrons. The first-order valence-corrected chi connectivity index (χ1v) is 6.70. The van der Waals surface area contributed by atoms with Gasteiger partial charge in [0, 0.05) is 24.2 Å². The summed E-state index contributed by atoms with van der Waals surface area (Å²) >= 11 is 0. The molecule has 0 aliphatic rings. The zero-order valence-corrected chi connectivity index (χ0v) is 12.3. The van der Waals surface area contributed by atoms with Gasteiger partial charge in [-0.25, -0.2) is 15.0 Å². The van der Waals surface area contributed by atoms with Gasteiger partial charge in [0.1, 0.15) is 23.8 Å². The minimum atomic E-state index is 0.818. The molecule has 0 fully saturated rings. The van der Waals surface area contributed by atoms with Crippen molar-refractivity contribution in [2.24, 2.45) is 0 Å². The summed E-state index contributed by atoms with van der Waals surface area (Å²) in [4.78, 5) is 13.5. The Kier molecular flexibility index (Phi) is 3.83. The van der Waals surface area contributed by atoms with Crippen LogP contribution < -0.4 is 5.32 Å². The van der Waals surface area contributed by atoms with Gasteiger partial charge < -0.3 is 5.32 Å². The molecule has 0 spiro atoms. The summed E-state index contributed by atoms with van der Waals surface area (Å²) in [6, 6.07) is 0. The Hall–Kier alpha value is -1.91. The van der Waals surface area contributed by atoms with Crippen molar-refractivity contribution in [1.29, 1.82) is 0 Å². The minimum absolute atomic E-state index is 0.818. The normalized spacial score (nSPS) is 10.8. The number of aryl methyl sites for hydroxylation is 2. The molecule has 0 aliphatic carbocycles. The van der Waals surface area contributed by atoms with Crippen molar-refractivity contribution >= 4 is 5.82 Å². The average Bonchev–Trinajstić information content (AvgIpc) is 2.73. The van der Waals surface area contributed by atoms with E-state index in [1.807, 2.05) is 24.7 Å². The molecule has 1 N–H and O–H groups in total. The summed E-state index contributed by atoms with van der Waals surface area (Å²) in [6.07, 6.45) is 2.65. The van der Waals surface area contributed by atoms with Crippen LogP contribution in [-0.2, 0) is 6.42 Å². The van der Waals surface area contributed by atoms with Gasteiger partial charge in [-0.3, -0.25) is 4.57 Å². The van der Waals surface area contributed by atoms with Crippen molar-refractivity contribution < 1.29 is 0 Å². The maximum absolute atomic E-state index is 4.65. The van der Waals surface area contributed by atoms with Crippen LogP contribution in [0.3, 0.4) is 0 Å². The standard InChI is InChI=1S/C14H21N5/c1-6-12-17-13(15-7-2)9(3)14(18-12)19-8-16-10(4)11(19)5/h8H,6-7H2,1-5H3,(H,15,17,18). The lowest BCUT2D eigenvalue weighted by Crippen LogP contribution is -2.11. The van der Waals surface area contributed by atoms with E-state index in [-0.39, 0.29) is 0 Å². The molecule has 2 aromatic rings. The van der Waals surface area contributed by atoms with Crippen molar-refractivity contribution in [1.82, 2.24) is 19.5 Å². The highest BCUT2D eigenvalue weighted by Crippen LogP contribution is 2.21. The summed E-state index contributed by atoms with van der Waals surface area (Å²) in [5, 5.41) is 3.30. The first-order valence-electron chi connectivity index (χ1n) is 6.70. The Morgan fingerprint density at radius 2 is 1.89 bits per heavy atom. The summed E-state index contributed by atoms with van der Waals surface area (Å²) < 4.78 is 2.03. The van der Waals surface area contributed by atoms with E-state index in [0.29, 0.717) is 0 Å². The topological polar surface area (TPSA) is 55.6 Å². The van der Waals surface area contributed by atoms with Crippen LogP contribution in [0.25, 0.3) is 5.82 Å². The number of hydrogen-bond donors (Lipinski definition) is 1. The first kappa shape index (κ1) is 13.5. The summed E-state index contributed by atoms with van der Waals surface area (Å²) in [7, 11) is 0. The third kappa shape index (κ3) is 2.45. The van der Waals surface area contributed by atoms with E-state index in [2.05, 4.69) is 41.0 Å². The molecule has 5 heteroatoms. The zero-order chi connectivity index (χ0) is 14.0. The predicted molar refractivity (Wildman–Crippen MR) is 76.9 cm³/mol. The molecule has 0 atom stereocenters. The van der Waals surface area contributed by atoms with Gasteiger partial charge in [0.25, 0.3) is 0 Å². The molecule has 0 saturated heterocycles. The van der Waals surface area contributed by atoms with E-state index >= 15 is 0 Å². The van der Waals surface area contributed by atoms with Crippen LogP contribution in [-0.4, -0.2) is 26.1 Å².